The monoisotopic (exact) mass is 276 g/mol. The van der Waals surface area contributed by atoms with E-state index < -0.39 is 5.97 Å². The largest absolute Gasteiger partial charge is 0.465 e. The van der Waals surface area contributed by atoms with Crippen molar-refractivity contribution >= 4 is 5.97 Å². The van der Waals surface area contributed by atoms with Crippen molar-refractivity contribution in [1.29, 1.82) is 10.5 Å². The predicted molar refractivity (Wildman–Crippen MR) is 77.4 cm³/mol. The first-order valence-corrected chi connectivity index (χ1v) is 6.25. The maximum atomic E-state index is 11.8. The van der Waals surface area contributed by atoms with E-state index in [1.54, 1.807) is 6.92 Å². The van der Waals surface area contributed by atoms with Gasteiger partial charge in [-0.15, -0.1) is 0 Å². The highest BCUT2D eigenvalue weighted by molar-refractivity contribution is 5.94. The van der Waals surface area contributed by atoms with Crippen LogP contribution in [0.4, 0.5) is 0 Å². The van der Waals surface area contributed by atoms with Gasteiger partial charge in [0.1, 0.15) is 6.07 Å². The third-order valence-electron chi connectivity index (χ3n) is 3.29. The Morgan fingerprint density at radius 3 is 2.33 bits per heavy atom. The molecule has 0 radical (unpaired) electrons. The number of ether oxygens (including phenoxy) is 1. The number of rotatable bonds is 2. The van der Waals surface area contributed by atoms with E-state index in [1.807, 2.05) is 30.3 Å². The molecule has 102 valence electrons. The zero-order valence-electron chi connectivity index (χ0n) is 11.7. The summed E-state index contributed by atoms with van der Waals surface area (Å²) >= 11 is 0. The Hall–Kier alpha value is -3.11. The summed E-state index contributed by atoms with van der Waals surface area (Å²) in [5, 5.41) is 18.8. The van der Waals surface area contributed by atoms with Gasteiger partial charge in [0.05, 0.1) is 29.9 Å². The van der Waals surface area contributed by atoms with Crippen LogP contribution in [0.5, 0.6) is 0 Å². The SMILES string of the molecule is COC(=O)c1cc(C#N)c(-c2ccccc2)c(C#N)c1C. The number of nitrogens with zero attached hydrogens (tertiary/aromatic N) is 2. The van der Waals surface area contributed by atoms with Crippen molar-refractivity contribution in [2.45, 2.75) is 6.92 Å². The second-order valence-electron chi connectivity index (χ2n) is 4.43. The van der Waals surface area contributed by atoms with Crippen LogP contribution in [0, 0.1) is 29.6 Å². The van der Waals surface area contributed by atoms with E-state index in [4.69, 9.17) is 4.74 Å². The summed E-state index contributed by atoms with van der Waals surface area (Å²) < 4.78 is 4.70. The van der Waals surface area contributed by atoms with Crippen molar-refractivity contribution in [3.63, 3.8) is 0 Å². The zero-order chi connectivity index (χ0) is 15.4. The fourth-order valence-electron chi connectivity index (χ4n) is 2.24. The second kappa shape index (κ2) is 5.90. The lowest BCUT2D eigenvalue weighted by Crippen LogP contribution is -2.07. The van der Waals surface area contributed by atoms with Crippen molar-refractivity contribution in [2.75, 3.05) is 7.11 Å². The van der Waals surface area contributed by atoms with Gasteiger partial charge in [-0.1, -0.05) is 30.3 Å². The minimum Gasteiger partial charge on any atom is -0.465 e. The quantitative estimate of drug-likeness (QED) is 0.789. The number of hydrogen-bond donors (Lipinski definition) is 0. The molecule has 21 heavy (non-hydrogen) atoms. The molecular formula is C17H12N2O2. The normalized spacial score (nSPS) is 9.52. The zero-order valence-corrected chi connectivity index (χ0v) is 11.7. The molecule has 0 amide bonds. The van der Waals surface area contributed by atoms with Crippen LogP contribution < -0.4 is 0 Å². The van der Waals surface area contributed by atoms with Gasteiger partial charge in [0, 0.05) is 5.56 Å². The fourth-order valence-corrected chi connectivity index (χ4v) is 2.24. The highest BCUT2D eigenvalue weighted by Gasteiger charge is 2.20. The number of carbonyl (C=O) groups is 1. The van der Waals surface area contributed by atoms with Gasteiger partial charge in [-0.25, -0.2) is 4.79 Å². The molecule has 2 aromatic rings. The lowest BCUT2D eigenvalue weighted by molar-refractivity contribution is 0.0600. The molecule has 0 heterocycles. The Kier molecular flexibility index (Phi) is 4.02. The molecule has 0 bridgehead atoms. The van der Waals surface area contributed by atoms with Gasteiger partial charge in [-0.05, 0) is 24.1 Å². The molecule has 4 nitrogen and oxygen atoms in total. The third-order valence-corrected chi connectivity index (χ3v) is 3.29. The van der Waals surface area contributed by atoms with Gasteiger partial charge in [-0.3, -0.25) is 0 Å². The van der Waals surface area contributed by atoms with E-state index in [9.17, 15) is 15.3 Å². The Labute approximate surface area is 122 Å². The first kappa shape index (κ1) is 14.3. The average molecular weight is 276 g/mol. The maximum absolute atomic E-state index is 11.8. The summed E-state index contributed by atoms with van der Waals surface area (Å²) in [6.45, 7) is 1.68. The molecule has 0 aromatic heterocycles. The lowest BCUT2D eigenvalue weighted by atomic mass is 9.89. The Morgan fingerprint density at radius 2 is 1.81 bits per heavy atom. The van der Waals surface area contributed by atoms with Crippen molar-refractivity contribution in [2.24, 2.45) is 0 Å². The van der Waals surface area contributed by atoms with E-state index in [1.165, 1.54) is 13.2 Å². The van der Waals surface area contributed by atoms with Crippen LogP contribution in [0.25, 0.3) is 11.1 Å². The number of carbonyl (C=O) groups excluding carboxylic acids is 1. The van der Waals surface area contributed by atoms with Gasteiger partial charge in [0.25, 0.3) is 0 Å². The number of hydrogen-bond acceptors (Lipinski definition) is 4. The molecule has 2 rings (SSSR count). The molecule has 0 aliphatic rings. The summed E-state index contributed by atoms with van der Waals surface area (Å²) in [6, 6.07) is 14.8. The van der Waals surface area contributed by atoms with Gasteiger partial charge in [0.2, 0.25) is 0 Å². The molecule has 0 aliphatic heterocycles. The molecule has 0 aliphatic carbocycles. The first-order chi connectivity index (χ1) is 10.1. The second-order valence-corrected chi connectivity index (χ2v) is 4.43. The van der Waals surface area contributed by atoms with E-state index in [2.05, 4.69) is 12.1 Å². The fraction of sp³-hybridized carbons (Fsp3) is 0.118. The Balaban J connectivity index is 2.85. The van der Waals surface area contributed by atoms with Gasteiger partial charge in [-0.2, -0.15) is 10.5 Å². The predicted octanol–water partition coefficient (Wildman–Crippen LogP) is 3.19. The molecule has 0 fully saturated rings. The number of benzene rings is 2. The molecule has 0 atom stereocenters. The average Bonchev–Trinajstić information content (AvgIpc) is 2.54. The van der Waals surface area contributed by atoms with Crippen molar-refractivity contribution in [1.82, 2.24) is 0 Å². The topological polar surface area (TPSA) is 73.9 Å². The first-order valence-electron chi connectivity index (χ1n) is 6.25. The lowest BCUT2D eigenvalue weighted by Gasteiger charge is -2.13. The van der Waals surface area contributed by atoms with Gasteiger partial charge in [0.15, 0.2) is 0 Å². The standard InChI is InChI=1S/C17H12N2O2/c1-11-14(17(20)21-2)8-13(9-18)16(15(11)10-19)12-6-4-3-5-7-12/h3-8H,1-2H3. The molecule has 0 unspecified atom stereocenters. The summed E-state index contributed by atoms with van der Waals surface area (Å²) in [6.07, 6.45) is 0. The van der Waals surface area contributed by atoms with Crippen LogP contribution in [0.15, 0.2) is 36.4 Å². The van der Waals surface area contributed by atoms with E-state index in [-0.39, 0.29) is 11.1 Å². The molecule has 0 saturated heterocycles. The highest BCUT2D eigenvalue weighted by Crippen LogP contribution is 2.31. The van der Waals surface area contributed by atoms with Crippen LogP contribution in [0.1, 0.15) is 27.0 Å². The summed E-state index contributed by atoms with van der Waals surface area (Å²) in [7, 11) is 1.27. The molecule has 0 saturated carbocycles. The van der Waals surface area contributed by atoms with Crippen LogP contribution >= 0.6 is 0 Å². The summed E-state index contributed by atoms with van der Waals surface area (Å²) in [5.41, 5.74) is 2.67. The van der Waals surface area contributed by atoms with Crippen molar-refractivity contribution in [3.8, 4) is 23.3 Å². The van der Waals surface area contributed by atoms with Crippen molar-refractivity contribution < 1.29 is 9.53 Å². The van der Waals surface area contributed by atoms with Crippen molar-refractivity contribution in [3.05, 3.63) is 58.7 Å². The Morgan fingerprint density at radius 1 is 1.14 bits per heavy atom. The van der Waals surface area contributed by atoms with Gasteiger partial charge >= 0.3 is 5.97 Å². The van der Waals surface area contributed by atoms with Crippen LogP contribution in [0.2, 0.25) is 0 Å². The molecule has 4 heteroatoms. The molecular weight excluding hydrogens is 264 g/mol. The summed E-state index contributed by atoms with van der Waals surface area (Å²) in [4.78, 5) is 11.8. The smallest absolute Gasteiger partial charge is 0.338 e. The Bertz CT molecular complexity index is 781. The molecule has 2 aromatic carbocycles. The number of methoxy groups -OCH3 is 1. The summed E-state index contributed by atoms with van der Waals surface area (Å²) in [5.74, 6) is -0.555. The number of esters is 1. The highest BCUT2D eigenvalue weighted by atomic mass is 16.5. The van der Waals surface area contributed by atoms with Crippen LogP contribution in [-0.2, 0) is 4.74 Å². The third kappa shape index (κ3) is 2.48. The molecule has 0 N–H and O–H groups in total. The molecule has 0 spiro atoms. The minimum atomic E-state index is -0.555. The van der Waals surface area contributed by atoms with Crippen LogP contribution in [-0.4, -0.2) is 13.1 Å². The maximum Gasteiger partial charge on any atom is 0.338 e. The van der Waals surface area contributed by atoms with E-state index in [0.29, 0.717) is 16.7 Å². The van der Waals surface area contributed by atoms with E-state index in [0.717, 1.165) is 5.56 Å². The van der Waals surface area contributed by atoms with Crippen LogP contribution in [0.3, 0.4) is 0 Å². The van der Waals surface area contributed by atoms with E-state index >= 15 is 0 Å². The van der Waals surface area contributed by atoms with Gasteiger partial charge < -0.3 is 4.74 Å². The number of nitriles is 2. The minimum absolute atomic E-state index is 0.241.